The Kier molecular flexibility index (Phi) is 2.39. The first-order valence-electron chi connectivity index (χ1n) is 4.74. The van der Waals surface area contributed by atoms with Crippen molar-refractivity contribution in [3.63, 3.8) is 0 Å². The van der Waals surface area contributed by atoms with E-state index in [1.54, 1.807) is 6.07 Å². The average molecular weight is 200 g/mol. The smallest absolute Gasteiger partial charge is 0.249 e. The highest BCUT2D eigenvalue weighted by Crippen LogP contribution is 2.22. The lowest BCUT2D eigenvalue weighted by Crippen LogP contribution is -2.12. The predicted molar refractivity (Wildman–Crippen MR) is 60.4 cm³/mol. The van der Waals surface area contributed by atoms with Crippen LogP contribution >= 0.6 is 0 Å². The standard InChI is InChI=1S/C12H12N2O/c13-7-8-5-6-11(12(14)15)10-4-2-1-3-9(8)10/h1-6H,7,13H2,(H2,14,15). The number of fused-ring (bicyclic) bond motifs is 1. The number of carbonyl (C=O) groups excluding carboxylic acids is 1. The van der Waals surface area contributed by atoms with Gasteiger partial charge in [-0.05, 0) is 22.4 Å². The Hall–Kier alpha value is -1.87. The van der Waals surface area contributed by atoms with E-state index in [4.69, 9.17) is 11.5 Å². The minimum absolute atomic E-state index is 0.408. The monoisotopic (exact) mass is 200 g/mol. The second-order valence-electron chi connectivity index (χ2n) is 3.39. The maximum absolute atomic E-state index is 11.2. The number of hydrogen-bond donors (Lipinski definition) is 2. The van der Waals surface area contributed by atoms with Crippen LogP contribution < -0.4 is 11.5 Å². The van der Waals surface area contributed by atoms with Gasteiger partial charge in [0.15, 0.2) is 0 Å². The Balaban J connectivity index is 2.83. The molecule has 0 aliphatic carbocycles. The fourth-order valence-electron chi connectivity index (χ4n) is 1.75. The van der Waals surface area contributed by atoms with Gasteiger partial charge < -0.3 is 11.5 Å². The summed E-state index contributed by atoms with van der Waals surface area (Å²) in [7, 11) is 0. The van der Waals surface area contributed by atoms with Crippen LogP contribution in [0.3, 0.4) is 0 Å². The fourth-order valence-corrected chi connectivity index (χ4v) is 1.75. The van der Waals surface area contributed by atoms with Gasteiger partial charge in [-0.15, -0.1) is 0 Å². The molecule has 0 saturated heterocycles. The van der Waals surface area contributed by atoms with Crippen molar-refractivity contribution in [2.45, 2.75) is 6.54 Å². The number of rotatable bonds is 2. The number of benzene rings is 2. The molecule has 0 aliphatic rings. The highest BCUT2D eigenvalue weighted by atomic mass is 16.1. The van der Waals surface area contributed by atoms with Gasteiger partial charge in [0, 0.05) is 12.1 Å². The molecule has 3 heteroatoms. The Bertz CT molecular complexity index is 520. The summed E-state index contributed by atoms with van der Waals surface area (Å²) in [5.74, 6) is -0.408. The third kappa shape index (κ3) is 1.57. The van der Waals surface area contributed by atoms with E-state index < -0.39 is 5.91 Å². The van der Waals surface area contributed by atoms with Crippen LogP contribution in [0, 0.1) is 0 Å². The van der Waals surface area contributed by atoms with Crippen molar-refractivity contribution in [2.24, 2.45) is 11.5 Å². The highest BCUT2D eigenvalue weighted by Gasteiger charge is 2.07. The molecule has 0 bridgehead atoms. The molecular weight excluding hydrogens is 188 g/mol. The molecule has 4 N–H and O–H groups in total. The summed E-state index contributed by atoms with van der Waals surface area (Å²) in [4.78, 5) is 11.2. The van der Waals surface area contributed by atoms with Crippen LogP contribution in [0.25, 0.3) is 10.8 Å². The summed E-state index contributed by atoms with van der Waals surface area (Å²) in [5.41, 5.74) is 12.5. The van der Waals surface area contributed by atoms with Gasteiger partial charge in [-0.2, -0.15) is 0 Å². The molecule has 2 aromatic rings. The number of primary amides is 1. The summed E-state index contributed by atoms with van der Waals surface area (Å²) in [6.45, 7) is 0.458. The van der Waals surface area contributed by atoms with Gasteiger partial charge >= 0.3 is 0 Å². The van der Waals surface area contributed by atoms with Crippen LogP contribution in [0.4, 0.5) is 0 Å². The summed E-state index contributed by atoms with van der Waals surface area (Å²) >= 11 is 0. The van der Waals surface area contributed by atoms with Crippen molar-refractivity contribution >= 4 is 16.7 Å². The molecule has 1 amide bonds. The van der Waals surface area contributed by atoms with Gasteiger partial charge in [0.1, 0.15) is 0 Å². The second-order valence-corrected chi connectivity index (χ2v) is 3.39. The highest BCUT2D eigenvalue weighted by molar-refractivity contribution is 6.07. The Labute approximate surface area is 87.7 Å². The van der Waals surface area contributed by atoms with E-state index in [1.807, 2.05) is 30.3 Å². The number of hydrogen-bond acceptors (Lipinski definition) is 2. The molecule has 2 aromatic carbocycles. The summed E-state index contributed by atoms with van der Waals surface area (Å²) < 4.78 is 0. The van der Waals surface area contributed by atoms with Crippen LogP contribution in [-0.4, -0.2) is 5.91 Å². The topological polar surface area (TPSA) is 69.1 Å². The van der Waals surface area contributed by atoms with Crippen LogP contribution in [-0.2, 0) is 6.54 Å². The minimum Gasteiger partial charge on any atom is -0.366 e. The molecule has 0 fully saturated rings. The van der Waals surface area contributed by atoms with Crippen LogP contribution in [0.15, 0.2) is 36.4 Å². The number of nitrogens with two attached hydrogens (primary N) is 2. The first-order chi connectivity index (χ1) is 7.24. The van der Waals surface area contributed by atoms with Crippen LogP contribution in [0.2, 0.25) is 0 Å². The Morgan fingerprint density at radius 3 is 2.33 bits per heavy atom. The third-order valence-electron chi connectivity index (χ3n) is 2.50. The van der Waals surface area contributed by atoms with E-state index in [-0.39, 0.29) is 0 Å². The van der Waals surface area contributed by atoms with Crippen molar-refractivity contribution in [3.8, 4) is 0 Å². The van der Waals surface area contributed by atoms with Crippen LogP contribution in [0.1, 0.15) is 15.9 Å². The lowest BCUT2D eigenvalue weighted by atomic mass is 9.99. The third-order valence-corrected chi connectivity index (χ3v) is 2.50. The van der Waals surface area contributed by atoms with Crippen molar-refractivity contribution < 1.29 is 4.79 Å². The quantitative estimate of drug-likeness (QED) is 0.769. The van der Waals surface area contributed by atoms with Gasteiger partial charge in [-0.1, -0.05) is 30.3 Å². The molecule has 15 heavy (non-hydrogen) atoms. The molecule has 0 unspecified atom stereocenters. The van der Waals surface area contributed by atoms with E-state index in [2.05, 4.69) is 0 Å². The number of amides is 1. The summed E-state index contributed by atoms with van der Waals surface area (Å²) in [6, 6.07) is 11.2. The molecule has 0 spiro atoms. The molecule has 0 atom stereocenters. The van der Waals surface area contributed by atoms with Gasteiger partial charge in [-0.3, -0.25) is 4.79 Å². The van der Waals surface area contributed by atoms with Gasteiger partial charge in [0.25, 0.3) is 0 Å². The zero-order valence-corrected chi connectivity index (χ0v) is 8.23. The lowest BCUT2D eigenvalue weighted by Gasteiger charge is -2.07. The van der Waals surface area contributed by atoms with Crippen molar-refractivity contribution in [1.29, 1.82) is 0 Å². The molecular formula is C12H12N2O. The maximum Gasteiger partial charge on any atom is 0.249 e. The minimum atomic E-state index is -0.408. The largest absolute Gasteiger partial charge is 0.366 e. The summed E-state index contributed by atoms with van der Waals surface area (Å²) in [5, 5.41) is 1.87. The molecule has 0 heterocycles. The Morgan fingerprint density at radius 2 is 1.73 bits per heavy atom. The van der Waals surface area contributed by atoms with Gasteiger partial charge in [-0.25, -0.2) is 0 Å². The molecule has 0 aliphatic heterocycles. The van der Waals surface area contributed by atoms with E-state index >= 15 is 0 Å². The normalized spacial score (nSPS) is 10.5. The average Bonchev–Trinajstić information content (AvgIpc) is 2.27. The zero-order chi connectivity index (χ0) is 10.8. The van der Waals surface area contributed by atoms with Gasteiger partial charge in [0.05, 0.1) is 0 Å². The molecule has 3 nitrogen and oxygen atoms in total. The molecule has 2 rings (SSSR count). The first-order valence-corrected chi connectivity index (χ1v) is 4.74. The van der Waals surface area contributed by atoms with Crippen molar-refractivity contribution in [3.05, 3.63) is 47.5 Å². The van der Waals surface area contributed by atoms with Crippen molar-refractivity contribution in [1.82, 2.24) is 0 Å². The summed E-state index contributed by atoms with van der Waals surface area (Å²) in [6.07, 6.45) is 0. The molecule has 0 saturated carbocycles. The fraction of sp³-hybridized carbons (Fsp3) is 0.0833. The van der Waals surface area contributed by atoms with E-state index in [1.165, 1.54) is 0 Å². The zero-order valence-electron chi connectivity index (χ0n) is 8.23. The van der Waals surface area contributed by atoms with Gasteiger partial charge in [0.2, 0.25) is 5.91 Å². The van der Waals surface area contributed by atoms with E-state index in [0.29, 0.717) is 12.1 Å². The van der Waals surface area contributed by atoms with E-state index in [9.17, 15) is 4.79 Å². The second kappa shape index (κ2) is 3.71. The number of carbonyl (C=O) groups is 1. The Morgan fingerprint density at radius 1 is 1.07 bits per heavy atom. The first kappa shape index (κ1) is 9.68. The molecule has 0 radical (unpaired) electrons. The lowest BCUT2D eigenvalue weighted by molar-refractivity contribution is 0.100. The molecule has 0 aromatic heterocycles. The van der Waals surface area contributed by atoms with Crippen molar-refractivity contribution in [2.75, 3.05) is 0 Å². The maximum atomic E-state index is 11.2. The molecule has 76 valence electrons. The SMILES string of the molecule is NCc1ccc(C(N)=O)c2ccccc12. The van der Waals surface area contributed by atoms with Crippen LogP contribution in [0.5, 0.6) is 0 Å². The predicted octanol–water partition coefficient (Wildman–Crippen LogP) is 1.40. The van der Waals surface area contributed by atoms with E-state index in [0.717, 1.165) is 16.3 Å².